The van der Waals surface area contributed by atoms with Crippen molar-refractivity contribution in [3.8, 4) is 0 Å². The molecule has 0 aliphatic rings. The maximum Gasteiger partial charge on any atom is 0.176 e. The van der Waals surface area contributed by atoms with Crippen LogP contribution in [0, 0.1) is 5.92 Å². The molecule has 0 radical (unpaired) electrons. The second-order valence-corrected chi connectivity index (χ2v) is 5.90. The minimum atomic E-state index is -0.750. The first kappa shape index (κ1) is 9.18. The van der Waals surface area contributed by atoms with Crippen molar-refractivity contribution in [3.05, 3.63) is 0 Å². The molecule has 0 aromatic rings. The maximum atomic E-state index is 5.35. The van der Waals surface area contributed by atoms with Crippen molar-refractivity contribution in [1.29, 1.82) is 0 Å². The van der Waals surface area contributed by atoms with Crippen LogP contribution >= 0.6 is 0 Å². The molecule has 0 aliphatic heterocycles. The SMILES string of the molecule is CC[SiH](CC(C)C)OC. The number of rotatable bonds is 4. The summed E-state index contributed by atoms with van der Waals surface area (Å²) in [6, 6.07) is 2.60. The maximum absolute atomic E-state index is 5.35. The second kappa shape index (κ2) is 5.00. The summed E-state index contributed by atoms with van der Waals surface area (Å²) < 4.78 is 5.35. The van der Waals surface area contributed by atoms with E-state index in [1.165, 1.54) is 12.1 Å². The van der Waals surface area contributed by atoms with Crippen LogP contribution < -0.4 is 0 Å². The summed E-state index contributed by atoms with van der Waals surface area (Å²) in [4.78, 5) is 0. The van der Waals surface area contributed by atoms with Crippen molar-refractivity contribution in [3.63, 3.8) is 0 Å². The Morgan fingerprint density at radius 2 is 2.00 bits per heavy atom. The molecule has 0 fully saturated rings. The highest BCUT2D eigenvalue weighted by Crippen LogP contribution is 2.08. The molecule has 1 nitrogen and oxygen atoms in total. The van der Waals surface area contributed by atoms with Crippen molar-refractivity contribution in [2.45, 2.75) is 32.9 Å². The first-order valence-electron chi connectivity index (χ1n) is 3.73. The Kier molecular flexibility index (Phi) is 5.10. The summed E-state index contributed by atoms with van der Waals surface area (Å²) in [6.07, 6.45) is 0. The van der Waals surface area contributed by atoms with Crippen LogP contribution in [0.2, 0.25) is 12.1 Å². The van der Waals surface area contributed by atoms with E-state index in [0.717, 1.165) is 5.92 Å². The molecule has 1 atom stereocenters. The van der Waals surface area contributed by atoms with Gasteiger partial charge in [0.05, 0.1) is 0 Å². The molecule has 0 spiro atoms. The Balaban J connectivity index is 3.31. The Hall–Kier alpha value is 0.177. The van der Waals surface area contributed by atoms with Crippen LogP contribution in [0.25, 0.3) is 0 Å². The van der Waals surface area contributed by atoms with Gasteiger partial charge in [-0.15, -0.1) is 0 Å². The fourth-order valence-electron chi connectivity index (χ4n) is 0.955. The van der Waals surface area contributed by atoms with Crippen molar-refractivity contribution in [2.24, 2.45) is 5.92 Å². The highest BCUT2D eigenvalue weighted by molar-refractivity contribution is 6.51. The highest BCUT2D eigenvalue weighted by atomic mass is 28.3. The zero-order chi connectivity index (χ0) is 7.28. The van der Waals surface area contributed by atoms with Crippen LogP contribution in [-0.4, -0.2) is 16.2 Å². The molecular formula is C7H18OSi. The molecule has 0 amide bonds. The van der Waals surface area contributed by atoms with E-state index in [-0.39, 0.29) is 0 Å². The van der Waals surface area contributed by atoms with Gasteiger partial charge in [0.25, 0.3) is 0 Å². The predicted molar refractivity (Wildman–Crippen MR) is 44.3 cm³/mol. The third kappa shape index (κ3) is 4.67. The lowest BCUT2D eigenvalue weighted by atomic mass is 10.3. The Morgan fingerprint density at radius 1 is 1.44 bits per heavy atom. The number of hydrogen-bond donors (Lipinski definition) is 0. The molecule has 0 heterocycles. The van der Waals surface area contributed by atoms with Gasteiger partial charge in [-0.05, 0) is 18.0 Å². The molecule has 1 unspecified atom stereocenters. The molecular weight excluding hydrogens is 128 g/mol. The van der Waals surface area contributed by atoms with Crippen LogP contribution in [-0.2, 0) is 4.43 Å². The van der Waals surface area contributed by atoms with Crippen LogP contribution in [0.5, 0.6) is 0 Å². The average molecular weight is 146 g/mol. The second-order valence-electron chi connectivity index (χ2n) is 2.90. The largest absolute Gasteiger partial charge is 0.423 e. The van der Waals surface area contributed by atoms with Crippen LogP contribution in [0.1, 0.15) is 20.8 Å². The first-order valence-corrected chi connectivity index (χ1v) is 5.83. The molecule has 0 aliphatic carbocycles. The van der Waals surface area contributed by atoms with Crippen LogP contribution in [0.3, 0.4) is 0 Å². The zero-order valence-corrected chi connectivity index (χ0v) is 8.13. The smallest absolute Gasteiger partial charge is 0.176 e. The standard InChI is InChI=1S/C7H18OSi/c1-5-9(8-4)6-7(2)3/h7,9H,5-6H2,1-4H3. The summed E-state index contributed by atoms with van der Waals surface area (Å²) in [5.41, 5.74) is 0. The van der Waals surface area contributed by atoms with Crippen LogP contribution in [0.15, 0.2) is 0 Å². The van der Waals surface area contributed by atoms with E-state index in [1.807, 2.05) is 7.11 Å². The monoisotopic (exact) mass is 146 g/mol. The van der Waals surface area contributed by atoms with Crippen molar-refractivity contribution >= 4 is 9.04 Å². The van der Waals surface area contributed by atoms with Crippen LogP contribution in [0.4, 0.5) is 0 Å². The topological polar surface area (TPSA) is 9.23 Å². The van der Waals surface area contributed by atoms with Crippen molar-refractivity contribution in [2.75, 3.05) is 7.11 Å². The van der Waals surface area contributed by atoms with E-state index in [4.69, 9.17) is 4.43 Å². The fraction of sp³-hybridized carbons (Fsp3) is 1.00. The lowest BCUT2D eigenvalue weighted by molar-refractivity contribution is 0.411. The Bertz CT molecular complexity index is 59.9. The molecule has 2 heteroatoms. The quantitative estimate of drug-likeness (QED) is 0.551. The predicted octanol–water partition coefficient (Wildman–Crippen LogP) is 2.03. The molecule has 0 saturated carbocycles. The zero-order valence-electron chi connectivity index (χ0n) is 6.98. The molecule has 0 aromatic heterocycles. The van der Waals surface area contributed by atoms with Gasteiger partial charge in [-0.1, -0.05) is 20.8 Å². The fourth-order valence-corrected chi connectivity index (χ4v) is 2.87. The van der Waals surface area contributed by atoms with E-state index in [9.17, 15) is 0 Å². The average Bonchev–Trinajstić information content (AvgIpc) is 1.82. The summed E-state index contributed by atoms with van der Waals surface area (Å²) in [6.45, 7) is 6.74. The van der Waals surface area contributed by atoms with E-state index < -0.39 is 9.04 Å². The van der Waals surface area contributed by atoms with Gasteiger partial charge in [0.15, 0.2) is 9.04 Å². The molecule has 56 valence electrons. The third-order valence-corrected chi connectivity index (χ3v) is 4.57. The van der Waals surface area contributed by atoms with Gasteiger partial charge < -0.3 is 4.43 Å². The molecule has 0 saturated heterocycles. The van der Waals surface area contributed by atoms with Crippen molar-refractivity contribution in [1.82, 2.24) is 0 Å². The molecule has 0 N–H and O–H groups in total. The van der Waals surface area contributed by atoms with Gasteiger partial charge in [-0.25, -0.2) is 0 Å². The lowest BCUT2D eigenvalue weighted by Crippen LogP contribution is -2.16. The Morgan fingerprint density at radius 3 is 2.11 bits per heavy atom. The van der Waals surface area contributed by atoms with Gasteiger partial charge >= 0.3 is 0 Å². The van der Waals surface area contributed by atoms with E-state index >= 15 is 0 Å². The molecule has 9 heavy (non-hydrogen) atoms. The third-order valence-electron chi connectivity index (χ3n) is 1.52. The minimum Gasteiger partial charge on any atom is -0.423 e. The van der Waals surface area contributed by atoms with Gasteiger partial charge in [-0.3, -0.25) is 0 Å². The first-order chi connectivity index (χ1) is 4.20. The summed E-state index contributed by atoms with van der Waals surface area (Å²) in [7, 11) is 1.10. The van der Waals surface area contributed by atoms with Gasteiger partial charge in [-0.2, -0.15) is 0 Å². The van der Waals surface area contributed by atoms with Gasteiger partial charge in [0.2, 0.25) is 0 Å². The van der Waals surface area contributed by atoms with E-state index in [0.29, 0.717) is 0 Å². The van der Waals surface area contributed by atoms with Crippen molar-refractivity contribution < 1.29 is 4.43 Å². The molecule has 0 bridgehead atoms. The summed E-state index contributed by atoms with van der Waals surface area (Å²) in [5, 5.41) is 0. The minimum absolute atomic E-state index is 0.750. The molecule has 0 aromatic carbocycles. The van der Waals surface area contributed by atoms with Gasteiger partial charge in [0.1, 0.15) is 0 Å². The Labute approximate surface area is 60.1 Å². The lowest BCUT2D eigenvalue weighted by Gasteiger charge is -2.12. The number of hydrogen-bond acceptors (Lipinski definition) is 1. The molecule has 0 rings (SSSR count). The normalized spacial score (nSPS) is 14.3. The highest BCUT2D eigenvalue weighted by Gasteiger charge is 2.08. The summed E-state index contributed by atoms with van der Waals surface area (Å²) in [5.74, 6) is 0.821. The van der Waals surface area contributed by atoms with E-state index in [1.54, 1.807) is 0 Å². The summed E-state index contributed by atoms with van der Waals surface area (Å²) >= 11 is 0. The van der Waals surface area contributed by atoms with Gasteiger partial charge in [0, 0.05) is 7.11 Å². The van der Waals surface area contributed by atoms with E-state index in [2.05, 4.69) is 20.8 Å².